The van der Waals surface area contributed by atoms with Gasteiger partial charge in [-0.1, -0.05) is 47.5 Å². The minimum atomic E-state index is -0.923. The number of carboxylic acids is 1. The summed E-state index contributed by atoms with van der Waals surface area (Å²) in [5.41, 5.74) is 0.575. The summed E-state index contributed by atoms with van der Waals surface area (Å²) in [5.74, 6) is -0.0747. The SMILES string of the molecule is O=C(O)Cc1ccccc1Oc1cccc(Cl)c1Cl. The number of carbonyl (C=O) groups is 1. The van der Waals surface area contributed by atoms with Gasteiger partial charge >= 0.3 is 5.97 Å². The number of hydrogen-bond donors (Lipinski definition) is 1. The van der Waals surface area contributed by atoms with Gasteiger partial charge in [-0.15, -0.1) is 0 Å². The maximum Gasteiger partial charge on any atom is 0.307 e. The van der Waals surface area contributed by atoms with E-state index in [1.807, 2.05) is 0 Å². The Kier molecular flexibility index (Phi) is 4.30. The summed E-state index contributed by atoms with van der Waals surface area (Å²) in [6.07, 6.45) is -0.117. The zero-order chi connectivity index (χ0) is 13.8. The molecule has 0 saturated heterocycles. The lowest BCUT2D eigenvalue weighted by Crippen LogP contribution is -2.01. The van der Waals surface area contributed by atoms with Crippen LogP contribution in [0.15, 0.2) is 42.5 Å². The fourth-order valence-electron chi connectivity index (χ4n) is 1.59. The molecule has 2 aromatic rings. The predicted molar refractivity (Wildman–Crippen MR) is 74.3 cm³/mol. The van der Waals surface area contributed by atoms with E-state index in [9.17, 15) is 4.79 Å². The lowest BCUT2D eigenvalue weighted by atomic mass is 10.1. The fourth-order valence-corrected chi connectivity index (χ4v) is 1.92. The Balaban J connectivity index is 2.33. The third kappa shape index (κ3) is 3.40. The highest BCUT2D eigenvalue weighted by molar-refractivity contribution is 6.42. The summed E-state index contributed by atoms with van der Waals surface area (Å²) in [7, 11) is 0. The summed E-state index contributed by atoms with van der Waals surface area (Å²) in [6, 6.07) is 11.9. The van der Waals surface area contributed by atoms with Crippen molar-refractivity contribution in [1.82, 2.24) is 0 Å². The van der Waals surface area contributed by atoms with Gasteiger partial charge in [0.25, 0.3) is 0 Å². The second-order valence-corrected chi connectivity index (χ2v) is 4.62. The lowest BCUT2D eigenvalue weighted by Gasteiger charge is -2.11. The highest BCUT2D eigenvalue weighted by Crippen LogP contribution is 2.35. The molecule has 2 rings (SSSR count). The summed E-state index contributed by atoms with van der Waals surface area (Å²) in [6.45, 7) is 0. The van der Waals surface area contributed by atoms with Crippen molar-refractivity contribution in [2.45, 2.75) is 6.42 Å². The molecule has 0 bridgehead atoms. The highest BCUT2D eigenvalue weighted by Gasteiger charge is 2.11. The molecule has 2 aromatic carbocycles. The van der Waals surface area contributed by atoms with Crippen LogP contribution >= 0.6 is 23.2 Å². The number of halogens is 2. The fraction of sp³-hybridized carbons (Fsp3) is 0.0714. The molecule has 0 aliphatic carbocycles. The normalized spacial score (nSPS) is 10.2. The minimum Gasteiger partial charge on any atom is -0.481 e. The average molecular weight is 297 g/mol. The van der Waals surface area contributed by atoms with E-state index >= 15 is 0 Å². The molecule has 0 saturated carbocycles. The number of aliphatic carboxylic acids is 1. The third-order valence-corrected chi connectivity index (χ3v) is 3.25. The molecular weight excluding hydrogens is 287 g/mol. The van der Waals surface area contributed by atoms with E-state index < -0.39 is 5.97 Å². The van der Waals surface area contributed by atoms with Crippen LogP contribution in [0.2, 0.25) is 10.0 Å². The van der Waals surface area contributed by atoms with Crippen LogP contribution in [0.5, 0.6) is 11.5 Å². The molecule has 98 valence electrons. The zero-order valence-corrected chi connectivity index (χ0v) is 11.3. The molecule has 0 heterocycles. The van der Waals surface area contributed by atoms with Crippen LogP contribution in [0.3, 0.4) is 0 Å². The quantitative estimate of drug-likeness (QED) is 0.909. The number of hydrogen-bond acceptors (Lipinski definition) is 2. The van der Waals surface area contributed by atoms with E-state index in [1.54, 1.807) is 42.5 Å². The standard InChI is InChI=1S/C14H10Cl2O3/c15-10-5-3-7-12(14(10)16)19-11-6-2-1-4-9(11)8-13(17)18/h1-7H,8H2,(H,17,18). The average Bonchev–Trinajstić information content (AvgIpc) is 2.36. The molecule has 0 amide bonds. The van der Waals surface area contributed by atoms with Gasteiger partial charge in [-0.2, -0.15) is 0 Å². The number of benzene rings is 2. The lowest BCUT2D eigenvalue weighted by molar-refractivity contribution is -0.136. The van der Waals surface area contributed by atoms with E-state index in [0.29, 0.717) is 27.1 Å². The minimum absolute atomic E-state index is 0.117. The first-order valence-corrected chi connectivity index (χ1v) is 6.25. The van der Waals surface area contributed by atoms with Crippen molar-refractivity contribution in [3.63, 3.8) is 0 Å². The molecule has 0 radical (unpaired) electrons. The molecule has 0 unspecified atom stereocenters. The molecule has 0 atom stereocenters. The van der Waals surface area contributed by atoms with Gasteiger partial charge in [0.1, 0.15) is 16.5 Å². The molecule has 0 aliphatic rings. The Morgan fingerprint density at radius 2 is 1.74 bits per heavy atom. The first kappa shape index (κ1) is 13.7. The molecule has 0 aromatic heterocycles. The molecule has 1 N–H and O–H groups in total. The monoisotopic (exact) mass is 296 g/mol. The van der Waals surface area contributed by atoms with E-state index in [0.717, 1.165) is 0 Å². The Hall–Kier alpha value is -1.71. The highest BCUT2D eigenvalue weighted by atomic mass is 35.5. The topological polar surface area (TPSA) is 46.5 Å². The van der Waals surface area contributed by atoms with Crippen molar-refractivity contribution >= 4 is 29.2 Å². The first-order valence-electron chi connectivity index (χ1n) is 5.49. The molecule has 0 aliphatic heterocycles. The van der Waals surface area contributed by atoms with E-state index in [4.69, 9.17) is 33.0 Å². The first-order chi connectivity index (χ1) is 9.08. The maximum atomic E-state index is 10.8. The molecule has 19 heavy (non-hydrogen) atoms. The second kappa shape index (κ2) is 5.95. The molecule has 0 spiro atoms. The van der Waals surface area contributed by atoms with Gasteiger partial charge < -0.3 is 9.84 Å². The van der Waals surface area contributed by atoms with Crippen molar-refractivity contribution in [2.75, 3.05) is 0 Å². The Morgan fingerprint density at radius 1 is 1.05 bits per heavy atom. The van der Waals surface area contributed by atoms with Crippen LogP contribution in [0.1, 0.15) is 5.56 Å². The van der Waals surface area contributed by atoms with E-state index in [-0.39, 0.29) is 6.42 Å². The molecular formula is C14H10Cl2O3. The number of carboxylic acid groups (broad SMARTS) is 1. The zero-order valence-electron chi connectivity index (χ0n) is 9.77. The number of rotatable bonds is 4. The summed E-state index contributed by atoms with van der Waals surface area (Å²) >= 11 is 11.9. The van der Waals surface area contributed by atoms with Crippen LogP contribution in [-0.4, -0.2) is 11.1 Å². The van der Waals surface area contributed by atoms with Gasteiger partial charge in [-0.05, 0) is 18.2 Å². The second-order valence-electron chi connectivity index (χ2n) is 3.83. The summed E-state index contributed by atoms with van der Waals surface area (Å²) in [5, 5.41) is 9.54. The maximum absolute atomic E-state index is 10.8. The van der Waals surface area contributed by atoms with Crippen LogP contribution in [-0.2, 0) is 11.2 Å². The third-order valence-electron chi connectivity index (χ3n) is 2.45. The smallest absolute Gasteiger partial charge is 0.307 e. The van der Waals surface area contributed by atoms with Gasteiger partial charge in [0, 0.05) is 5.56 Å². The van der Waals surface area contributed by atoms with Gasteiger partial charge in [0.05, 0.1) is 11.4 Å². The summed E-state index contributed by atoms with van der Waals surface area (Å²) < 4.78 is 5.64. The molecule has 3 nitrogen and oxygen atoms in total. The van der Waals surface area contributed by atoms with Crippen molar-refractivity contribution in [3.8, 4) is 11.5 Å². The van der Waals surface area contributed by atoms with Gasteiger partial charge in [0.15, 0.2) is 0 Å². The Labute approximate surface area is 120 Å². The summed E-state index contributed by atoms with van der Waals surface area (Å²) in [4.78, 5) is 10.8. The largest absolute Gasteiger partial charge is 0.481 e. The van der Waals surface area contributed by atoms with Crippen LogP contribution in [0.4, 0.5) is 0 Å². The van der Waals surface area contributed by atoms with Crippen molar-refractivity contribution in [1.29, 1.82) is 0 Å². The van der Waals surface area contributed by atoms with Crippen LogP contribution in [0.25, 0.3) is 0 Å². The van der Waals surface area contributed by atoms with Crippen LogP contribution < -0.4 is 4.74 Å². The predicted octanol–water partition coefficient (Wildman–Crippen LogP) is 4.41. The van der Waals surface area contributed by atoms with Gasteiger partial charge in [-0.25, -0.2) is 0 Å². The Bertz CT molecular complexity index is 611. The van der Waals surface area contributed by atoms with Crippen molar-refractivity contribution < 1.29 is 14.6 Å². The molecule has 5 heteroatoms. The van der Waals surface area contributed by atoms with Crippen molar-refractivity contribution in [3.05, 3.63) is 58.1 Å². The van der Waals surface area contributed by atoms with Crippen LogP contribution in [0, 0.1) is 0 Å². The van der Waals surface area contributed by atoms with Crippen molar-refractivity contribution in [2.24, 2.45) is 0 Å². The number of para-hydroxylation sites is 1. The Morgan fingerprint density at radius 3 is 2.47 bits per heavy atom. The van der Waals surface area contributed by atoms with E-state index in [1.165, 1.54) is 0 Å². The van der Waals surface area contributed by atoms with Gasteiger partial charge in [-0.3, -0.25) is 4.79 Å². The van der Waals surface area contributed by atoms with Gasteiger partial charge in [0.2, 0.25) is 0 Å². The molecule has 0 fully saturated rings. The van der Waals surface area contributed by atoms with E-state index in [2.05, 4.69) is 0 Å². The number of ether oxygens (including phenoxy) is 1.